The Balaban J connectivity index is 1.96. The molecule has 3 nitrogen and oxygen atoms in total. The van der Waals surface area contributed by atoms with Crippen LogP contribution in [0.2, 0.25) is 0 Å². The first-order valence-corrected chi connectivity index (χ1v) is 9.20. The van der Waals surface area contributed by atoms with E-state index in [2.05, 4.69) is 15.9 Å². The summed E-state index contributed by atoms with van der Waals surface area (Å²) >= 11 is 9.11. The van der Waals surface area contributed by atoms with Gasteiger partial charge >= 0.3 is 0 Å². The quantitative estimate of drug-likeness (QED) is 0.750. The zero-order chi connectivity index (χ0) is 15.0. The molecule has 0 bridgehead atoms. The standard InChI is InChI=1S/C15H13BrClNO2S/c16-14-7-11(8-17)5-6-15(14)21(19,20)18-9-12-3-1-2-4-13(12)10-18/h1-7H,8-10H2. The molecule has 0 spiro atoms. The highest BCUT2D eigenvalue weighted by molar-refractivity contribution is 9.10. The average molecular weight is 387 g/mol. The fourth-order valence-corrected chi connectivity index (χ4v) is 5.10. The van der Waals surface area contributed by atoms with E-state index in [9.17, 15) is 8.42 Å². The number of halogens is 2. The highest BCUT2D eigenvalue weighted by Crippen LogP contribution is 2.32. The summed E-state index contributed by atoms with van der Waals surface area (Å²) < 4.78 is 27.6. The second-order valence-corrected chi connectivity index (χ2v) is 7.97. The number of nitrogens with zero attached hydrogens (tertiary/aromatic N) is 1. The molecule has 6 heteroatoms. The first-order chi connectivity index (χ1) is 10.0. The molecule has 2 aromatic rings. The molecule has 0 amide bonds. The summed E-state index contributed by atoms with van der Waals surface area (Å²) in [5.41, 5.74) is 3.01. The van der Waals surface area contributed by atoms with Crippen molar-refractivity contribution in [3.05, 3.63) is 63.6 Å². The van der Waals surface area contributed by atoms with E-state index in [1.807, 2.05) is 24.3 Å². The zero-order valence-corrected chi connectivity index (χ0v) is 14.2. The SMILES string of the molecule is O=S(=O)(c1ccc(CCl)cc1Br)N1Cc2ccccc2C1. The molecule has 110 valence electrons. The molecule has 1 heterocycles. The summed E-state index contributed by atoms with van der Waals surface area (Å²) in [7, 11) is -3.52. The summed E-state index contributed by atoms with van der Waals surface area (Å²) in [5.74, 6) is 0.355. The highest BCUT2D eigenvalue weighted by Gasteiger charge is 2.31. The predicted octanol–water partition coefficient (Wildman–Crippen LogP) is 3.89. The Labute approximate surface area is 137 Å². The van der Waals surface area contributed by atoms with E-state index < -0.39 is 10.0 Å². The van der Waals surface area contributed by atoms with E-state index in [0.717, 1.165) is 16.7 Å². The molecule has 0 radical (unpaired) electrons. The molecule has 0 N–H and O–H groups in total. The monoisotopic (exact) mass is 385 g/mol. The van der Waals surface area contributed by atoms with Crippen LogP contribution in [0.15, 0.2) is 51.8 Å². The molecule has 0 atom stereocenters. The van der Waals surface area contributed by atoms with Crippen molar-refractivity contribution in [2.75, 3.05) is 0 Å². The van der Waals surface area contributed by atoms with E-state index >= 15 is 0 Å². The van der Waals surface area contributed by atoms with Crippen LogP contribution >= 0.6 is 27.5 Å². The van der Waals surface area contributed by atoms with Crippen LogP contribution in [0.25, 0.3) is 0 Å². The third kappa shape index (κ3) is 2.75. The lowest BCUT2D eigenvalue weighted by Crippen LogP contribution is -2.26. The van der Waals surface area contributed by atoms with Gasteiger partial charge in [0.25, 0.3) is 0 Å². The first-order valence-electron chi connectivity index (χ1n) is 6.43. The molecular weight excluding hydrogens is 374 g/mol. The van der Waals surface area contributed by atoms with Crippen LogP contribution in [-0.2, 0) is 29.0 Å². The van der Waals surface area contributed by atoms with Crippen LogP contribution < -0.4 is 0 Å². The van der Waals surface area contributed by atoms with Crippen molar-refractivity contribution < 1.29 is 8.42 Å². The largest absolute Gasteiger partial charge is 0.244 e. The van der Waals surface area contributed by atoms with Gasteiger partial charge in [-0.05, 0) is 44.8 Å². The first kappa shape index (κ1) is 15.0. The van der Waals surface area contributed by atoms with Gasteiger partial charge in [0, 0.05) is 23.4 Å². The van der Waals surface area contributed by atoms with Crippen LogP contribution in [0.5, 0.6) is 0 Å². The van der Waals surface area contributed by atoms with Crippen LogP contribution in [0, 0.1) is 0 Å². The minimum Gasteiger partial charge on any atom is -0.207 e. The number of hydrogen-bond donors (Lipinski definition) is 0. The smallest absolute Gasteiger partial charge is 0.207 e. The maximum Gasteiger partial charge on any atom is 0.244 e. The van der Waals surface area contributed by atoms with Gasteiger partial charge < -0.3 is 0 Å². The fourth-order valence-electron chi connectivity index (χ4n) is 2.45. The molecule has 0 unspecified atom stereocenters. The second-order valence-electron chi connectivity index (χ2n) is 4.94. The van der Waals surface area contributed by atoms with Crippen LogP contribution in [-0.4, -0.2) is 12.7 Å². The van der Waals surface area contributed by atoms with Gasteiger partial charge in [0.05, 0.1) is 4.90 Å². The van der Waals surface area contributed by atoms with Crippen LogP contribution in [0.3, 0.4) is 0 Å². The molecule has 1 aliphatic rings. The van der Waals surface area contributed by atoms with E-state index in [4.69, 9.17) is 11.6 Å². The number of rotatable bonds is 3. The molecule has 0 aliphatic carbocycles. The van der Waals surface area contributed by atoms with Gasteiger partial charge in [-0.1, -0.05) is 30.3 Å². The second kappa shape index (κ2) is 5.72. The van der Waals surface area contributed by atoms with E-state index in [0.29, 0.717) is 23.4 Å². The van der Waals surface area contributed by atoms with Crippen molar-refractivity contribution in [3.8, 4) is 0 Å². The molecule has 0 saturated carbocycles. The number of alkyl halides is 1. The average Bonchev–Trinajstić information content (AvgIpc) is 2.91. The van der Waals surface area contributed by atoms with Gasteiger partial charge in [0.2, 0.25) is 10.0 Å². The van der Waals surface area contributed by atoms with Gasteiger partial charge in [-0.15, -0.1) is 11.6 Å². The third-order valence-electron chi connectivity index (χ3n) is 3.58. The Morgan fingerprint density at radius 1 is 1.10 bits per heavy atom. The van der Waals surface area contributed by atoms with Gasteiger partial charge in [-0.2, -0.15) is 4.31 Å². The summed E-state index contributed by atoms with van der Waals surface area (Å²) in [5, 5.41) is 0. The van der Waals surface area contributed by atoms with Crippen LogP contribution in [0.4, 0.5) is 0 Å². The Morgan fingerprint density at radius 2 is 1.71 bits per heavy atom. The molecule has 1 aliphatic heterocycles. The van der Waals surface area contributed by atoms with Gasteiger partial charge in [-0.25, -0.2) is 8.42 Å². The third-order valence-corrected chi connectivity index (χ3v) is 6.66. The minimum atomic E-state index is -3.52. The summed E-state index contributed by atoms with van der Waals surface area (Å²) in [6, 6.07) is 12.9. The van der Waals surface area contributed by atoms with Crippen molar-refractivity contribution in [1.82, 2.24) is 4.31 Å². The molecule has 2 aromatic carbocycles. The molecule has 0 fully saturated rings. The zero-order valence-electron chi connectivity index (χ0n) is 11.1. The van der Waals surface area contributed by atoms with E-state index in [1.165, 1.54) is 4.31 Å². The van der Waals surface area contributed by atoms with Crippen molar-refractivity contribution in [3.63, 3.8) is 0 Å². The maximum absolute atomic E-state index is 12.8. The summed E-state index contributed by atoms with van der Waals surface area (Å²) in [6.45, 7) is 0.838. The van der Waals surface area contributed by atoms with E-state index in [1.54, 1.807) is 18.2 Å². The molecule has 0 aromatic heterocycles. The topological polar surface area (TPSA) is 37.4 Å². The van der Waals surface area contributed by atoms with Gasteiger partial charge in [-0.3, -0.25) is 0 Å². The van der Waals surface area contributed by atoms with Gasteiger partial charge in [0.15, 0.2) is 0 Å². The molecule has 0 saturated heterocycles. The minimum absolute atomic E-state index is 0.282. The number of fused-ring (bicyclic) bond motifs is 1. The number of benzene rings is 2. The lowest BCUT2D eigenvalue weighted by Gasteiger charge is -2.17. The Morgan fingerprint density at radius 3 is 2.24 bits per heavy atom. The van der Waals surface area contributed by atoms with Gasteiger partial charge in [0.1, 0.15) is 0 Å². The Bertz CT molecular complexity index is 767. The summed E-state index contributed by atoms with van der Waals surface area (Å²) in [6.07, 6.45) is 0. The number of hydrogen-bond acceptors (Lipinski definition) is 2. The fraction of sp³-hybridized carbons (Fsp3) is 0.200. The Kier molecular flexibility index (Phi) is 4.10. The normalized spacial score (nSPS) is 15.1. The molecule has 3 rings (SSSR count). The number of sulfonamides is 1. The Hall–Kier alpha value is -0.880. The van der Waals surface area contributed by atoms with Crippen molar-refractivity contribution >= 4 is 37.6 Å². The lowest BCUT2D eigenvalue weighted by molar-refractivity contribution is 0.431. The van der Waals surface area contributed by atoms with Crippen molar-refractivity contribution in [1.29, 1.82) is 0 Å². The van der Waals surface area contributed by atoms with Crippen molar-refractivity contribution in [2.45, 2.75) is 23.9 Å². The lowest BCUT2D eigenvalue weighted by atomic mass is 10.1. The predicted molar refractivity (Wildman–Crippen MR) is 86.6 cm³/mol. The van der Waals surface area contributed by atoms with E-state index in [-0.39, 0.29) is 4.90 Å². The maximum atomic E-state index is 12.8. The summed E-state index contributed by atoms with van der Waals surface area (Å²) in [4.78, 5) is 0.282. The molecular formula is C15H13BrClNO2S. The van der Waals surface area contributed by atoms with Crippen molar-refractivity contribution in [2.24, 2.45) is 0 Å². The highest BCUT2D eigenvalue weighted by atomic mass is 79.9. The van der Waals surface area contributed by atoms with Crippen LogP contribution in [0.1, 0.15) is 16.7 Å². The molecule has 21 heavy (non-hydrogen) atoms.